The topological polar surface area (TPSA) is 21.3 Å². The molecule has 0 amide bonds. The zero-order chi connectivity index (χ0) is 14.3. The van der Waals surface area contributed by atoms with Gasteiger partial charge in [0.25, 0.3) is 0 Å². The first-order valence-corrected chi connectivity index (χ1v) is 9.09. The zero-order valence-electron chi connectivity index (χ0n) is 13.8. The summed E-state index contributed by atoms with van der Waals surface area (Å²) in [4.78, 5) is 0. The lowest BCUT2D eigenvalue weighted by atomic mass is 9.78. The van der Waals surface area contributed by atoms with Gasteiger partial charge in [-0.1, -0.05) is 46.0 Å². The molecule has 118 valence electrons. The van der Waals surface area contributed by atoms with Crippen LogP contribution in [-0.4, -0.2) is 25.3 Å². The van der Waals surface area contributed by atoms with Gasteiger partial charge in [0.1, 0.15) is 0 Å². The minimum absolute atomic E-state index is 0.143. The molecule has 2 aliphatic rings. The van der Waals surface area contributed by atoms with Crippen LogP contribution in [0.5, 0.6) is 0 Å². The number of hydrogen-bond acceptors (Lipinski definition) is 2. The molecule has 1 N–H and O–H groups in total. The first-order chi connectivity index (χ1) is 9.74. The van der Waals surface area contributed by atoms with Crippen molar-refractivity contribution >= 4 is 0 Å². The quantitative estimate of drug-likeness (QED) is 0.692. The molecule has 0 aromatic rings. The van der Waals surface area contributed by atoms with Crippen LogP contribution in [0.4, 0.5) is 0 Å². The molecule has 0 heterocycles. The summed E-state index contributed by atoms with van der Waals surface area (Å²) in [5.41, 5.74) is 0.143. The van der Waals surface area contributed by atoms with Crippen molar-refractivity contribution in [3.63, 3.8) is 0 Å². The molecule has 20 heavy (non-hydrogen) atoms. The molecular weight excluding hydrogens is 246 g/mol. The third kappa shape index (κ3) is 5.04. The van der Waals surface area contributed by atoms with E-state index in [1.165, 1.54) is 64.2 Å². The second-order valence-electron chi connectivity index (χ2n) is 7.38. The summed E-state index contributed by atoms with van der Waals surface area (Å²) in [6.45, 7) is 7.85. The molecule has 0 spiro atoms. The Morgan fingerprint density at radius 3 is 2.60 bits per heavy atom. The first-order valence-electron chi connectivity index (χ1n) is 9.09. The summed E-state index contributed by atoms with van der Waals surface area (Å²) in [6.07, 6.45) is 13.6. The van der Waals surface area contributed by atoms with Gasteiger partial charge >= 0.3 is 0 Å². The number of hydrogen-bond donors (Lipinski definition) is 1. The molecule has 2 unspecified atom stereocenters. The molecule has 2 atom stereocenters. The minimum atomic E-state index is 0.143. The monoisotopic (exact) mass is 281 g/mol. The molecule has 2 rings (SSSR count). The minimum Gasteiger partial charge on any atom is -0.373 e. The highest BCUT2D eigenvalue weighted by Crippen LogP contribution is 2.36. The van der Waals surface area contributed by atoms with Gasteiger partial charge in [-0.15, -0.1) is 0 Å². The lowest BCUT2D eigenvalue weighted by molar-refractivity contribution is -0.0944. The van der Waals surface area contributed by atoms with Crippen molar-refractivity contribution in [2.45, 2.75) is 83.7 Å². The van der Waals surface area contributed by atoms with Gasteiger partial charge in [-0.2, -0.15) is 0 Å². The maximum Gasteiger partial charge on any atom is 0.0808 e. The number of ether oxygens (including phenoxy) is 1. The largest absolute Gasteiger partial charge is 0.373 e. The highest BCUT2D eigenvalue weighted by atomic mass is 16.5. The van der Waals surface area contributed by atoms with E-state index in [0.29, 0.717) is 0 Å². The van der Waals surface area contributed by atoms with Gasteiger partial charge in [0.15, 0.2) is 0 Å². The van der Waals surface area contributed by atoms with E-state index in [-0.39, 0.29) is 5.60 Å². The van der Waals surface area contributed by atoms with E-state index in [1.807, 2.05) is 0 Å². The summed E-state index contributed by atoms with van der Waals surface area (Å²) < 4.78 is 6.56. The van der Waals surface area contributed by atoms with E-state index in [1.54, 1.807) is 0 Å². The highest BCUT2D eigenvalue weighted by Gasteiger charge is 2.36. The average molecular weight is 281 g/mol. The van der Waals surface area contributed by atoms with Gasteiger partial charge in [0.05, 0.1) is 12.2 Å². The van der Waals surface area contributed by atoms with E-state index in [9.17, 15) is 0 Å². The maximum atomic E-state index is 6.56. The molecule has 2 aliphatic carbocycles. The number of nitrogens with one attached hydrogen (secondary N) is 1. The summed E-state index contributed by atoms with van der Waals surface area (Å²) in [5.74, 6) is 1.67. The first kappa shape index (κ1) is 16.3. The van der Waals surface area contributed by atoms with Crippen LogP contribution in [0.1, 0.15) is 78.1 Å². The highest BCUT2D eigenvalue weighted by molar-refractivity contribution is 4.89. The fourth-order valence-corrected chi connectivity index (χ4v) is 4.10. The average Bonchev–Trinajstić information content (AvgIpc) is 2.47. The van der Waals surface area contributed by atoms with Crippen molar-refractivity contribution in [3.8, 4) is 0 Å². The van der Waals surface area contributed by atoms with Crippen molar-refractivity contribution < 1.29 is 4.74 Å². The molecule has 0 aromatic heterocycles. The molecule has 0 aliphatic heterocycles. The fourth-order valence-electron chi connectivity index (χ4n) is 4.10. The third-order valence-corrected chi connectivity index (χ3v) is 5.27. The second-order valence-corrected chi connectivity index (χ2v) is 7.38. The molecule has 2 heteroatoms. The van der Waals surface area contributed by atoms with E-state index >= 15 is 0 Å². The SMILES string of the molecule is CCCNCC1(OCC2CCCCC2)CCCC(C)C1. The van der Waals surface area contributed by atoms with Gasteiger partial charge in [-0.05, 0) is 50.5 Å². The Kier molecular flexibility index (Phi) is 6.83. The normalized spacial score (nSPS) is 32.4. The van der Waals surface area contributed by atoms with E-state index in [4.69, 9.17) is 4.74 Å². The lowest BCUT2D eigenvalue weighted by Gasteiger charge is -2.41. The Balaban J connectivity index is 1.84. The zero-order valence-corrected chi connectivity index (χ0v) is 13.8. The Morgan fingerprint density at radius 2 is 1.90 bits per heavy atom. The van der Waals surface area contributed by atoms with Crippen LogP contribution in [0.25, 0.3) is 0 Å². The Hall–Kier alpha value is -0.0800. The summed E-state index contributed by atoms with van der Waals surface area (Å²) >= 11 is 0. The van der Waals surface area contributed by atoms with Crippen molar-refractivity contribution in [2.24, 2.45) is 11.8 Å². The van der Waals surface area contributed by atoms with Crippen molar-refractivity contribution in [2.75, 3.05) is 19.7 Å². The molecule has 0 bridgehead atoms. The van der Waals surface area contributed by atoms with Crippen LogP contribution in [0.3, 0.4) is 0 Å². The molecule has 0 radical (unpaired) electrons. The van der Waals surface area contributed by atoms with Crippen LogP contribution in [-0.2, 0) is 4.74 Å². The van der Waals surface area contributed by atoms with Crippen LogP contribution in [0.2, 0.25) is 0 Å². The molecular formula is C18H35NO. The summed E-state index contributed by atoms with van der Waals surface area (Å²) in [6, 6.07) is 0. The molecule has 2 fully saturated rings. The summed E-state index contributed by atoms with van der Waals surface area (Å²) in [5, 5.41) is 3.63. The summed E-state index contributed by atoms with van der Waals surface area (Å²) in [7, 11) is 0. The number of rotatable bonds is 7. The third-order valence-electron chi connectivity index (χ3n) is 5.27. The van der Waals surface area contributed by atoms with E-state index < -0.39 is 0 Å². The predicted molar refractivity (Wildman–Crippen MR) is 86.1 cm³/mol. The van der Waals surface area contributed by atoms with Gasteiger partial charge in [0.2, 0.25) is 0 Å². The Morgan fingerprint density at radius 1 is 1.10 bits per heavy atom. The van der Waals surface area contributed by atoms with E-state index in [2.05, 4.69) is 19.2 Å². The van der Waals surface area contributed by atoms with Crippen molar-refractivity contribution in [1.82, 2.24) is 5.32 Å². The van der Waals surface area contributed by atoms with Crippen LogP contribution >= 0.6 is 0 Å². The van der Waals surface area contributed by atoms with Crippen LogP contribution < -0.4 is 5.32 Å². The second kappa shape index (κ2) is 8.38. The Labute approximate surface area is 126 Å². The van der Waals surface area contributed by atoms with Crippen molar-refractivity contribution in [1.29, 1.82) is 0 Å². The van der Waals surface area contributed by atoms with Gasteiger partial charge in [-0.25, -0.2) is 0 Å². The standard InChI is InChI=1S/C18H35NO/c1-3-12-19-15-18(11-7-8-16(2)13-18)20-14-17-9-5-4-6-10-17/h16-17,19H,3-15H2,1-2H3. The smallest absolute Gasteiger partial charge is 0.0808 e. The van der Waals surface area contributed by atoms with Gasteiger partial charge in [0, 0.05) is 6.54 Å². The van der Waals surface area contributed by atoms with Gasteiger partial charge < -0.3 is 10.1 Å². The maximum absolute atomic E-state index is 6.56. The van der Waals surface area contributed by atoms with E-state index in [0.717, 1.165) is 31.5 Å². The predicted octanol–water partition coefficient (Wildman–Crippen LogP) is 4.53. The molecule has 0 aromatic carbocycles. The fraction of sp³-hybridized carbons (Fsp3) is 1.00. The van der Waals surface area contributed by atoms with Crippen molar-refractivity contribution in [3.05, 3.63) is 0 Å². The van der Waals surface area contributed by atoms with Crippen LogP contribution in [0.15, 0.2) is 0 Å². The lowest BCUT2D eigenvalue weighted by Crippen LogP contribution is -2.47. The molecule has 0 saturated heterocycles. The molecule has 2 nitrogen and oxygen atoms in total. The Bertz CT molecular complexity index is 262. The van der Waals surface area contributed by atoms with Gasteiger partial charge in [-0.3, -0.25) is 0 Å². The van der Waals surface area contributed by atoms with Crippen LogP contribution in [0, 0.1) is 11.8 Å². The molecule has 2 saturated carbocycles.